The van der Waals surface area contributed by atoms with Crippen molar-refractivity contribution in [2.75, 3.05) is 12.8 Å². The summed E-state index contributed by atoms with van der Waals surface area (Å²) in [6.45, 7) is 2.46. The van der Waals surface area contributed by atoms with E-state index in [1.807, 2.05) is 6.92 Å². The number of carbonyl (C=O) groups is 1. The van der Waals surface area contributed by atoms with Crippen LogP contribution in [0.25, 0.3) is 0 Å². The van der Waals surface area contributed by atoms with Crippen LogP contribution in [0.15, 0.2) is 0 Å². The predicted molar refractivity (Wildman–Crippen MR) is 88.1 cm³/mol. The van der Waals surface area contributed by atoms with Crippen LogP contribution >= 0.6 is 12.2 Å². The van der Waals surface area contributed by atoms with Gasteiger partial charge in [-0.25, -0.2) is 0 Å². The second-order valence-electron chi connectivity index (χ2n) is 5.71. The minimum Gasteiger partial charge on any atom is -0.392 e. The van der Waals surface area contributed by atoms with Gasteiger partial charge in [0.25, 0.3) is 0 Å². The number of nitrogens with two attached hydrogens (primary N) is 1. The maximum absolute atomic E-state index is 12.5. The highest BCUT2D eigenvalue weighted by molar-refractivity contribution is 7.84. The highest BCUT2D eigenvalue weighted by Crippen LogP contribution is 2.35. The fourth-order valence-corrected chi connectivity index (χ4v) is 3.39. The molecule has 20 heavy (non-hydrogen) atoms. The van der Waals surface area contributed by atoms with Gasteiger partial charge in [-0.1, -0.05) is 44.8 Å². The fourth-order valence-electron chi connectivity index (χ4n) is 2.64. The number of carbonyl (C=O) groups excluding carboxylic acids is 1. The summed E-state index contributed by atoms with van der Waals surface area (Å²) in [4.78, 5) is 12.8. The normalized spacial score (nSPS) is 21.5. The lowest BCUT2D eigenvalue weighted by Gasteiger charge is -2.30. The van der Waals surface area contributed by atoms with Gasteiger partial charge in [0, 0.05) is 28.9 Å². The zero-order valence-corrected chi connectivity index (χ0v) is 14.1. The molecule has 1 aliphatic carbocycles. The zero-order chi connectivity index (χ0) is 15.2. The first kappa shape index (κ1) is 17.6. The Balaban J connectivity index is 2.61. The molecule has 3 N–H and O–H groups in total. The Kier molecular flexibility index (Phi) is 7.09. The van der Waals surface area contributed by atoms with Crippen molar-refractivity contribution < 1.29 is 9.00 Å². The molecule has 1 rings (SSSR count). The molecule has 1 fully saturated rings. The smallest absolute Gasteiger partial charge is 0.233 e. The van der Waals surface area contributed by atoms with Crippen molar-refractivity contribution in [2.24, 2.45) is 11.1 Å². The van der Waals surface area contributed by atoms with Crippen LogP contribution in [0.1, 0.15) is 51.9 Å². The topological polar surface area (TPSA) is 72.2 Å². The second-order valence-corrected chi connectivity index (χ2v) is 7.96. The van der Waals surface area contributed by atoms with Gasteiger partial charge in [0.05, 0.1) is 10.4 Å². The first-order valence-electron chi connectivity index (χ1n) is 7.30. The summed E-state index contributed by atoms with van der Waals surface area (Å²) >= 11 is 5.18. The van der Waals surface area contributed by atoms with Crippen LogP contribution < -0.4 is 11.1 Å². The van der Waals surface area contributed by atoms with Gasteiger partial charge in [-0.15, -0.1) is 0 Å². The molecule has 2 atom stereocenters. The third-order valence-electron chi connectivity index (χ3n) is 4.27. The molecule has 116 valence electrons. The van der Waals surface area contributed by atoms with Gasteiger partial charge < -0.3 is 11.1 Å². The molecule has 0 aliphatic heterocycles. The highest BCUT2D eigenvalue weighted by Gasteiger charge is 2.41. The predicted octanol–water partition coefficient (Wildman–Crippen LogP) is 1.89. The summed E-state index contributed by atoms with van der Waals surface area (Å²) in [7, 11) is -0.854. The van der Waals surface area contributed by atoms with E-state index in [2.05, 4.69) is 5.32 Å². The number of hydrogen-bond donors (Lipinski definition) is 2. The minimum absolute atomic E-state index is 0.0408. The Bertz CT molecular complexity index is 377. The summed E-state index contributed by atoms with van der Waals surface area (Å²) in [6, 6.07) is 0. The maximum atomic E-state index is 12.5. The number of hydrogen-bond acceptors (Lipinski definition) is 3. The number of thiocarbonyl (C=S) groups is 1. The standard InChI is InChI=1S/C14H26N2O2S2/c1-11(20(2)18)7-10-16-13(17)14(12(15)19)8-5-3-4-6-9-14/h11H,3-10H2,1-2H3,(H2,15,19)(H,16,17). The lowest BCUT2D eigenvalue weighted by atomic mass is 9.79. The molecule has 6 heteroatoms. The van der Waals surface area contributed by atoms with Crippen molar-refractivity contribution in [1.82, 2.24) is 5.32 Å². The average Bonchev–Trinajstić information content (AvgIpc) is 2.64. The van der Waals surface area contributed by atoms with Crippen molar-refractivity contribution in [3.8, 4) is 0 Å². The summed E-state index contributed by atoms with van der Waals surface area (Å²) < 4.78 is 11.3. The van der Waals surface area contributed by atoms with Gasteiger partial charge in [0.1, 0.15) is 0 Å². The van der Waals surface area contributed by atoms with Crippen LogP contribution in [-0.2, 0) is 15.6 Å². The van der Waals surface area contributed by atoms with E-state index in [9.17, 15) is 9.00 Å². The Labute approximate surface area is 129 Å². The van der Waals surface area contributed by atoms with E-state index in [0.29, 0.717) is 18.0 Å². The Morgan fingerprint density at radius 2 is 1.90 bits per heavy atom. The molecule has 0 radical (unpaired) electrons. The molecule has 0 aromatic carbocycles. The molecule has 1 aliphatic rings. The van der Waals surface area contributed by atoms with Gasteiger partial charge in [0.2, 0.25) is 5.91 Å². The van der Waals surface area contributed by atoms with Crippen LogP contribution in [0.5, 0.6) is 0 Å². The SMILES string of the molecule is CC(CCNC(=O)C1(C(N)=S)CCCCCC1)S(C)=O. The lowest BCUT2D eigenvalue weighted by molar-refractivity contribution is -0.128. The minimum atomic E-state index is -0.854. The molecule has 4 nitrogen and oxygen atoms in total. The Hall–Kier alpha value is -0.490. The van der Waals surface area contributed by atoms with Crippen LogP contribution in [0.4, 0.5) is 0 Å². The molecule has 0 saturated heterocycles. The molecule has 2 unspecified atom stereocenters. The Morgan fingerprint density at radius 1 is 1.35 bits per heavy atom. The molecule has 0 heterocycles. The number of rotatable bonds is 6. The molecular formula is C14H26N2O2S2. The zero-order valence-electron chi connectivity index (χ0n) is 12.4. The molecular weight excluding hydrogens is 292 g/mol. The van der Waals surface area contributed by atoms with Crippen molar-refractivity contribution in [1.29, 1.82) is 0 Å². The van der Waals surface area contributed by atoms with Crippen molar-refractivity contribution in [2.45, 2.75) is 57.1 Å². The van der Waals surface area contributed by atoms with Crippen molar-refractivity contribution >= 4 is 33.9 Å². The third-order valence-corrected chi connectivity index (χ3v) is 6.03. The highest BCUT2D eigenvalue weighted by atomic mass is 32.2. The molecule has 0 aromatic rings. The Morgan fingerprint density at radius 3 is 2.35 bits per heavy atom. The van der Waals surface area contributed by atoms with Crippen LogP contribution in [0, 0.1) is 5.41 Å². The lowest BCUT2D eigenvalue weighted by Crippen LogP contribution is -2.49. The number of nitrogens with one attached hydrogen (secondary N) is 1. The summed E-state index contributed by atoms with van der Waals surface area (Å²) in [6.07, 6.45) is 8.19. The van der Waals surface area contributed by atoms with Crippen LogP contribution in [0.2, 0.25) is 0 Å². The average molecular weight is 319 g/mol. The largest absolute Gasteiger partial charge is 0.392 e. The molecule has 0 spiro atoms. The fraction of sp³-hybridized carbons (Fsp3) is 0.857. The van der Waals surface area contributed by atoms with E-state index in [1.54, 1.807) is 6.26 Å². The van der Waals surface area contributed by atoms with Crippen molar-refractivity contribution in [3.05, 3.63) is 0 Å². The summed E-state index contributed by atoms with van der Waals surface area (Å²) in [5, 5.41) is 3.04. The first-order chi connectivity index (χ1) is 9.40. The molecule has 1 saturated carbocycles. The molecule has 0 bridgehead atoms. The molecule has 1 amide bonds. The summed E-state index contributed by atoms with van der Waals surface area (Å²) in [5.74, 6) is -0.0408. The quantitative estimate of drug-likeness (QED) is 0.579. The second kappa shape index (κ2) is 8.08. The van der Waals surface area contributed by atoms with E-state index >= 15 is 0 Å². The number of amides is 1. The van der Waals surface area contributed by atoms with E-state index in [0.717, 1.165) is 38.5 Å². The van der Waals surface area contributed by atoms with Gasteiger partial charge >= 0.3 is 0 Å². The van der Waals surface area contributed by atoms with Gasteiger partial charge in [-0.05, 0) is 19.3 Å². The third kappa shape index (κ3) is 4.52. The van der Waals surface area contributed by atoms with E-state index in [4.69, 9.17) is 18.0 Å². The van der Waals surface area contributed by atoms with Gasteiger partial charge in [-0.3, -0.25) is 9.00 Å². The van der Waals surface area contributed by atoms with Gasteiger partial charge in [0.15, 0.2) is 0 Å². The molecule has 0 aromatic heterocycles. The van der Waals surface area contributed by atoms with Crippen LogP contribution in [0.3, 0.4) is 0 Å². The first-order valence-corrected chi connectivity index (χ1v) is 9.33. The van der Waals surface area contributed by atoms with Gasteiger partial charge in [-0.2, -0.15) is 0 Å². The van der Waals surface area contributed by atoms with E-state index in [1.165, 1.54) is 0 Å². The van der Waals surface area contributed by atoms with E-state index in [-0.39, 0.29) is 11.2 Å². The van der Waals surface area contributed by atoms with Crippen molar-refractivity contribution in [3.63, 3.8) is 0 Å². The summed E-state index contributed by atoms with van der Waals surface area (Å²) in [5.41, 5.74) is 5.21. The van der Waals surface area contributed by atoms with E-state index < -0.39 is 16.2 Å². The van der Waals surface area contributed by atoms with Crippen LogP contribution in [-0.4, -0.2) is 33.2 Å². The monoisotopic (exact) mass is 318 g/mol. The maximum Gasteiger partial charge on any atom is 0.233 e.